The van der Waals surface area contributed by atoms with Crippen LogP contribution in [0.5, 0.6) is 11.5 Å². The molecule has 13 heavy (non-hydrogen) atoms. The van der Waals surface area contributed by atoms with Gasteiger partial charge in [0.1, 0.15) is 11.5 Å². The van der Waals surface area contributed by atoms with Crippen LogP contribution in [-0.2, 0) is 4.74 Å². The van der Waals surface area contributed by atoms with Gasteiger partial charge in [0.15, 0.2) is 6.29 Å². The summed E-state index contributed by atoms with van der Waals surface area (Å²) in [6, 6.07) is 6.65. The summed E-state index contributed by atoms with van der Waals surface area (Å²) in [6.45, 7) is 4.33. The van der Waals surface area contributed by atoms with E-state index in [9.17, 15) is 0 Å². The number of benzene rings is 1. The molecule has 1 N–H and O–H groups in total. The molecule has 1 atom stereocenters. The maximum absolute atomic E-state index is 9.14. The Morgan fingerprint density at radius 2 is 2.23 bits per heavy atom. The molecule has 0 radical (unpaired) electrons. The summed E-state index contributed by atoms with van der Waals surface area (Å²) in [6.07, 6.45) is -0.285. The zero-order valence-electron chi connectivity index (χ0n) is 7.86. The average molecular weight is 182 g/mol. The van der Waals surface area contributed by atoms with E-state index in [2.05, 4.69) is 0 Å². The number of rotatable bonds is 4. The molecule has 3 nitrogen and oxygen atoms in total. The molecule has 0 saturated heterocycles. The van der Waals surface area contributed by atoms with E-state index >= 15 is 0 Å². The highest BCUT2D eigenvalue weighted by atomic mass is 16.7. The Kier molecular flexibility index (Phi) is 3.58. The third-order valence-electron chi connectivity index (χ3n) is 1.52. The van der Waals surface area contributed by atoms with Crippen LogP contribution < -0.4 is 4.74 Å². The summed E-state index contributed by atoms with van der Waals surface area (Å²) < 4.78 is 10.5. The van der Waals surface area contributed by atoms with Gasteiger partial charge in [-0.3, -0.25) is 0 Å². The predicted molar refractivity (Wildman–Crippen MR) is 49.8 cm³/mol. The van der Waals surface area contributed by atoms with Crippen molar-refractivity contribution in [3.05, 3.63) is 24.3 Å². The van der Waals surface area contributed by atoms with Gasteiger partial charge in [0.25, 0.3) is 0 Å². The first-order chi connectivity index (χ1) is 6.22. The molecule has 1 rings (SSSR count). The van der Waals surface area contributed by atoms with E-state index in [1.165, 1.54) is 0 Å². The van der Waals surface area contributed by atoms with E-state index < -0.39 is 0 Å². The number of aromatic hydroxyl groups is 1. The van der Waals surface area contributed by atoms with E-state index in [0.717, 1.165) is 0 Å². The third-order valence-corrected chi connectivity index (χ3v) is 1.52. The second-order valence-corrected chi connectivity index (χ2v) is 2.64. The van der Waals surface area contributed by atoms with Crippen molar-refractivity contribution in [3.63, 3.8) is 0 Å². The van der Waals surface area contributed by atoms with Gasteiger partial charge in [0.05, 0.1) is 0 Å². The molecule has 3 heteroatoms. The first-order valence-electron chi connectivity index (χ1n) is 4.29. The second-order valence-electron chi connectivity index (χ2n) is 2.64. The Labute approximate surface area is 77.9 Å². The van der Waals surface area contributed by atoms with Crippen molar-refractivity contribution in [1.29, 1.82) is 0 Å². The van der Waals surface area contributed by atoms with Crippen LogP contribution in [0.2, 0.25) is 0 Å². The molecule has 0 aliphatic rings. The van der Waals surface area contributed by atoms with E-state index in [-0.39, 0.29) is 12.0 Å². The molecule has 0 spiro atoms. The van der Waals surface area contributed by atoms with Crippen molar-refractivity contribution in [2.75, 3.05) is 6.61 Å². The lowest BCUT2D eigenvalue weighted by atomic mass is 10.3. The molecule has 0 aliphatic carbocycles. The summed E-state index contributed by atoms with van der Waals surface area (Å²) >= 11 is 0. The van der Waals surface area contributed by atoms with Crippen molar-refractivity contribution in [2.24, 2.45) is 0 Å². The Balaban J connectivity index is 2.53. The minimum atomic E-state index is -0.285. The number of ether oxygens (including phenoxy) is 2. The molecular weight excluding hydrogens is 168 g/mol. The lowest BCUT2D eigenvalue weighted by Crippen LogP contribution is -2.15. The van der Waals surface area contributed by atoms with Crippen LogP contribution in [0, 0.1) is 0 Å². The molecule has 0 amide bonds. The number of hydrogen-bond acceptors (Lipinski definition) is 3. The first kappa shape index (κ1) is 9.86. The monoisotopic (exact) mass is 182 g/mol. The summed E-state index contributed by atoms with van der Waals surface area (Å²) in [5, 5.41) is 9.14. The quantitative estimate of drug-likeness (QED) is 0.725. The standard InChI is InChI=1S/C10H14O3/c1-3-12-8(2)13-10-6-4-5-9(11)7-10/h4-8,11H,3H2,1-2H3. The lowest BCUT2D eigenvalue weighted by Gasteiger charge is -2.13. The summed E-state index contributed by atoms with van der Waals surface area (Å²) in [5.41, 5.74) is 0. The van der Waals surface area contributed by atoms with Crippen LogP contribution >= 0.6 is 0 Å². The van der Waals surface area contributed by atoms with Gasteiger partial charge in [-0.15, -0.1) is 0 Å². The van der Waals surface area contributed by atoms with Gasteiger partial charge in [-0.2, -0.15) is 0 Å². The van der Waals surface area contributed by atoms with Crippen molar-refractivity contribution < 1.29 is 14.6 Å². The van der Waals surface area contributed by atoms with Gasteiger partial charge < -0.3 is 14.6 Å². The maximum atomic E-state index is 9.14. The number of phenols is 1. The molecule has 1 aromatic rings. The van der Waals surface area contributed by atoms with Gasteiger partial charge in [0, 0.05) is 12.7 Å². The Morgan fingerprint density at radius 1 is 1.46 bits per heavy atom. The van der Waals surface area contributed by atoms with Gasteiger partial charge in [-0.05, 0) is 26.0 Å². The fourth-order valence-corrected chi connectivity index (χ4v) is 1.02. The molecule has 0 aromatic heterocycles. The molecule has 0 aliphatic heterocycles. The normalized spacial score (nSPS) is 12.5. The van der Waals surface area contributed by atoms with Crippen molar-refractivity contribution in [2.45, 2.75) is 20.1 Å². The van der Waals surface area contributed by atoms with Crippen LogP contribution in [0.3, 0.4) is 0 Å². The zero-order chi connectivity index (χ0) is 9.68. The summed E-state index contributed by atoms with van der Waals surface area (Å²) in [4.78, 5) is 0. The molecule has 0 bridgehead atoms. The molecule has 72 valence electrons. The maximum Gasteiger partial charge on any atom is 0.196 e. The Hall–Kier alpha value is -1.22. The highest BCUT2D eigenvalue weighted by molar-refractivity contribution is 5.31. The van der Waals surface area contributed by atoms with Crippen molar-refractivity contribution in [1.82, 2.24) is 0 Å². The minimum Gasteiger partial charge on any atom is -0.508 e. The largest absolute Gasteiger partial charge is 0.508 e. The molecular formula is C10H14O3. The van der Waals surface area contributed by atoms with Crippen LogP contribution in [-0.4, -0.2) is 18.0 Å². The summed E-state index contributed by atoms with van der Waals surface area (Å²) in [5.74, 6) is 0.808. The van der Waals surface area contributed by atoms with Gasteiger partial charge in [-0.1, -0.05) is 6.07 Å². The topological polar surface area (TPSA) is 38.7 Å². The SMILES string of the molecule is CCOC(C)Oc1cccc(O)c1. The zero-order valence-corrected chi connectivity index (χ0v) is 7.86. The van der Waals surface area contributed by atoms with E-state index in [1.54, 1.807) is 24.3 Å². The molecule has 1 unspecified atom stereocenters. The smallest absolute Gasteiger partial charge is 0.196 e. The first-order valence-corrected chi connectivity index (χ1v) is 4.29. The van der Waals surface area contributed by atoms with Crippen LogP contribution in [0.15, 0.2) is 24.3 Å². The highest BCUT2D eigenvalue weighted by Gasteiger charge is 2.02. The van der Waals surface area contributed by atoms with Crippen LogP contribution in [0.1, 0.15) is 13.8 Å². The molecule has 0 fully saturated rings. The molecule has 0 heterocycles. The average Bonchev–Trinajstić information content (AvgIpc) is 2.04. The Bertz CT molecular complexity index is 260. The summed E-state index contributed by atoms with van der Waals surface area (Å²) in [7, 11) is 0. The van der Waals surface area contributed by atoms with E-state index in [4.69, 9.17) is 14.6 Å². The van der Waals surface area contributed by atoms with Gasteiger partial charge >= 0.3 is 0 Å². The van der Waals surface area contributed by atoms with Gasteiger partial charge in [-0.25, -0.2) is 0 Å². The molecule has 0 saturated carbocycles. The third kappa shape index (κ3) is 3.34. The minimum absolute atomic E-state index is 0.196. The number of phenolic OH excluding ortho intramolecular Hbond substituents is 1. The Morgan fingerprint density at radius 3 is 2.85 bits per heavy atom. The second kappa shape index (κ2) is 4.72. The van der Waals surface area contributed by atoms with Crippen LogP contribution in [0.25, 0.3) is 0 Å². The van der Waals surface area contributed by atoms with E-state index in [0.29, 0.717) is 12.4 Å². The van der Waals surface area contributed by atoms with E-state index in [1.807, 2.05) is 13.8 Å². The molecule has 1 aromatic carbocycles. The van der Waals surface area contributed by atoms with Crippen LogP contribution in [0.4, 0.5) is 0 Å². The fourth-order valence-electron chi connectivity index (χ4n) is 1.02. The lowest BCUT2D eigenvalue weighted by molar-refractivity contribution is -0.0613. The van der Waals surface area contributed by atoms with Gasteiger partial charge in [0.2, 0.25) is 0 Å². The van der Waals surface area contributed by atoms with Crippen molar-refractivity contribution in [3.8, 4) is 11.5 Å². The predicted octanol–water partition coefficient (Wildman–Crippen LogP) is 2.15. The number of hydrogen-bond donors (Lipinski definition) is 1. The fraction of sp³-hybridized carbons (Fsp3) is 0.400. The highest BCUT2D eigenvalue weighted by Crippen LogP contribution is 2.18. The van der Waals surface area contributed by atoms with Crippen molar-refractivity contribution >= 4 is 0 Å².